The Morgan fingerprint density at radius 2 is 1.81 bits per heavy atom. The van der Waals surface area contributed by atoms with E-state index in [1.54, 1.807) is 17.6 Å². The molecule has 1 amide bonds. The molecule has 7 nitrogen and oxygen atoms in total. The van der Waals surface area contributed by atoms with E-state index in [0.717, 1.165) is 41.9 Å². The van der Waals surface area contributed by atoms with Crippen LogP contribution < -0.4 is 11.2 Å². The minimum absolute atomic E-state index is 0.0627. The number of hydrogen-bond acceptors (Lipinski definition) is 5. The van der Waals surface area contributed by atoms with Crippen LogP contribution in [-0.4, -0.2) is 38.1 Å². The summed E-state index contributed by atoms with van der Waals surface area (Å²) < 4.78 is 4.06. The summed E-state index contributed by atoms with van der Waals surface area (Å²) >= 11 is 1.51. The first-order valence-corrected chi connectivity index (χ1v) is 9.60. The van der Waals surface area contributed by atoms with Crippen molar-refractivity contribution in [2.75, 3.05) is 13.1 Å². The molecule has 4 rings (SSSR count). The monoisotopic (exact) mass is 384 g/mol. The lowest BCUT2D eigenvalue weighted by molar-refractivity contribution is 0.0703. The van der Waals surface area contributed by atoms with Crippen LogP contribution in [0.1, 0.15) is 29.2 Å². The van der Waals surface area contributed by atoms with E-state index < -0.39 is 5.91 Å². The summed E-state index contributed by atoms with van der Waals surface area (Å²) in [5.41, 5.74) is 3.88. The van der Waals surface area contributed by atoms with Crippen LogP contribution in [0.2, 0.25) is 0 Å². The van der Waals surface area contributed by atoms with Crippen LogP contribution in [0.25, 0.3) is 11.0 Å². The number of amides is 1. The van der Waals surface area contributed by atoms with Gasteiger partial charge >= 0.3 is 5.69 Å². The van der Waals surface area contributed by atoms with Crippen molar-refractivity contribution in [1.29, 1.82) is 0 Å². The SMILES string of the molecule is O=C(NO)c1ccccc1SN1CCC(n2c(=O)[nH]c3ccccc32)CC1. The topological polar surface area (TPSA) is 90.4 Å². The molecule has 1 aromatic heterocycles. The molecule has 0 unspecified atom stereocenters. The molecular weight excluding hydrogens is 364 g/mol. The van der Waals surface area contributed by atoms with Crippen LogP contribution in [-0.2, 0) is 0 Å². The highest BCUT2D eigenvalue weighted by Gasteiger charge is 2.25. The normalized spacial score (nSPS) is 15.9. The summed E-state index contributed by atoms with van der Waals surface area (Å²) in [5, 5.41) is 8.91. The average molecular weight is 384 g/mol. The van der Waals surface area contributed by atoms with E-state index in [-0.39, 0.29) is 11.7 Å². The summed E-state index contributed by atoms with van der Waals surface area (Å²) in [5.74, 6) is -0.515. The van der Waals surface area contributed by atoms with Crippen molar-refractivity contribution < 1.29 is 10.0 Å². The van der Waals surface area contributed by atoms with Crippen LogP contribution >= 0.6 is 11.9 Å². The minimum atomic E-state index is -0.515. The van der Waals surface area contributed by atoms with E-state index in [0.29, 0.717) is 5.56 Å². The number of H-pyrrole nitrogens is 1. The Balaban J connectivity index is 1.48. The molecule has 0 aliphatic carbocycles. The molecule has 1 saturated heterocycles. The lowest BCUT2D eigenvalue weighted by atomic mass is 10.1. The molecule has 0 saturated carbocycles. The quantitative estimate of drug-likeness (QED) is 0.366. The van der Waals surface area contributed by atoms with Gasteiger partial charge in [0, 0.05) is 24.0 Å². The van der Waals surface area contributed by atoms with E-state index in [2.05, 4.69) is 9.29 Å². The zero-order valence-corrected chi connectivity index (χ0v) is 15.4. The van der Waals surface area contributed by atoms with Gasteiger partial charge in [0.05, 0.1) is 16.6 Å². The van der Waals surface area contributed by atoms with Crippen molar-refractivity contribution in [3.63, 3.8) is 0 Å². The van der Waals surface area contributed by atoms with Gasteiger partial charge in [0.15, 0.2) is 0 Å². The highest BCUT2D eigenvalue weighted by atomic mass is 32.2. The summed E-state index contributed by atoms with van der Waals surface area (Å²) in [4.78, 5) is 27.9. The van der Waals surface area contributed by atoms with Crippen molar-refractivity contribution in [2.45, 2.75) is 23.8 Å². The van der Waals surface area contributed by atoms with Crippen molar-refractivity contribution in [3.05, 3.63) is 64.6 Å². The molecule has 0 spiro atoms. The zero-order valence-electron chi connectivity index (χ0n) is 14.6. The average Bonchev–Trinajstić information content (AvgIpc) is 3.04. The van der Waals surface area contributed by atoms with Crippen LogP contribution in [0.4, 0.5) is 0 Å². The largest absolute Gasteiger partial charge is 0.326 e. The number of carbonyl (C=O) groups excluding carboxylic acids is 1. The summed E-state index contributed by atoms with van der Waals surface area (Å²) in [6.07, 6.45) is 1.70. The number of aromatic amines is 1. The van der Waals surface area contributed by atoms with E-state index >= 15 is 0 Å². The second-order valence-corrected chi connectivity index (χ2v) is 7.64. The van der Waals surface area contributed by atoms with Gasteiger partial charge in [-0.2, -0.15) is 0 Å². The second kappa shape index (κ2) is 7.59. The number of imidazole rings is 1. The Labute approximate surface area is 160 Å². The first-order chi connectivity index (χ1) is 13.2. The summed E-state index contributed by atoms with van der Waals surface area (Å²) in [7, 11) is 0. The van der Waals surface area contributed by atoms with E-state index in [4.69, 9.17) is 5.21 Å². The fourth-order valence-corrected chi connectivity index (χ4v) is 4.63. The number of nitrogens with zero attached hydrogens (tertiary/aromatic N) is 2. The third kappa shape index (κ3) is 3.51. The Bertz CT molecular complexity index is 1020. The highest BCUT2D eigenvalue weighted by Crippen LogP contribution is 2.32. The number of piperidine rings is 1. The molecule has 2 aromatic carbocycles. The number of benzene rings is 2. The van der Waals surface area contributed by atoms with Gasteiger partial charge in [0.1, 0.15) is 0 Å². The number of carbonyl (C=O) groups is 1. The molecule has 3 aromatic rings. The predicted octanol–water partition coefficient (Wildman–Crippen LogP) is 2.79. The lowest BCUT2D eigenvalue weighted by Gasteiger charge is -2.31. The number of aromatic nitrogens is 2. The smallest absolute Gasteiger partial charge is 0.306 e. The standard InChI is InChI=1S/C19H20N4O3S/c24-18(21-26)14-5-1-4-8-17(14)27-22-11-9-13(10-12-22)23-16-7-3-2-6-15(16)20-19(23)25/h1-8,13,26H,9-12H2,(H,20,25)(H,21,24). The van der Waals surface area contributed by atoms with Crippen LogP contribution in [0, 0.1) is 0 Å². The van der Waals surface area contributed by atoms with Gasteiger partial charge in [0.25, 0.3) is 5.91 Å². The van der Waals surface area contributed by atoms with Gasteiger partial charge in [-0.05, 0) is 49.1 Å². The predicted molar refractivity (Wildman–Crippen MR) is 104 cm³/mol. The molecule has 0 radical (unpaired) electrons. The Kier molecular flexibility index (Phi) is 5.02. The van der Waals surface area contributed by atoms with Gasteiger partial charge in [-0.1, -0.05) is 24.3 Å². The number of fused-ring (bicyclic) bond motifs is 1. The Morgan fingerprint density at radius 3 is 2.59 bits per heavy atom. The molecule has 1 aliphatic heterocycles. The highest BCUT2D eigenvalue weighted by molar-refractivity contribution is 7.97. The van der Waals surface area contributed by atoms with Gasteiger partial charge in [0.2, 0.25) is 0 Å². The molecule has 3 N–H and O–H groups in total. The fraction of sp³-hybridized carbons (Fsp3) is 0.263. The van der Waals surface area contributed by atoms with Gasteiger partial charge in [-0.15, -0.1) is 0 Å². The van der Waals surface area contributed by atoms with E-state index in [1.807, 2.05) is 41.0 Å². The number of rotatable bonds is 4. The fourth-order valence-electron chi connectivity index (χ4n) is 3.56. The van der Waals surface area contributed by atoms with Crippen molar-refractivity contribution in [2.24, 2.45) is 0 Å². The van der Waals surface area contributed by atoms with Crippen molar-refractivity contribution in [3.8, 4) is 0 Å². The molecule has 2 heterocycles. The molecule has 0 bridgehead atoms. The maximum absolute atomic E-state index is 12.4. The molecule has 1 aliphatic rings. The van der Waals surface area contributed by atoms with E-state index in [1.165, 1.54) is 11.9 Å². The number of hydroxylamine groups is 1. The van der Waals surface area contributed by atoms with Crippen molar-refractivity contribution in [1.82, 2.24) is 19.3 Å². The van der Waals surface area contributed by atoms with E-state index in [9.17, 15) is 9.59 Å². The van der Waals surface area contributed by atoms with Crippen LogP contribution in [0.3, 0.4) is 0 Å². The third-order valence-electron chi connectivity index (χ3n) is 4.87. The first-order valence-electron chi connectivity index (χ1n) is 8.83. The molecule has 8 heteroatoms. The number of hydrogen-bond donors (Lipinski definition) is 3. The van der Waals surface area contributed by atoms with Crippen LogP contribution in [0.15, 0.2) is 58.2 Å². The Hall–Kier alpha value is -2.55. The summed E-state index contributed by atoms with van der Waals surface area (Å²) in [6.45, 7) is 1.60. The summed E-state index contributed by atoms with van der Waals surface area (Å²) in [6, 6.07) is 15.1. The van der Waals surface area contributed by atoms with Crippen molar-refractivity contribution >= 4 is 28.9 Å². The molecule has 27 heavy (non-hydrogen) atoms. The molecular formula is C19H20N4O3S. The zero-order chi connectivity index (χ0) is 18.8. The lowest BCUT2D eigenvalue weighted by Crippen LogP contribution is -2.33. The minimum Gasteiger partial charge on any atom is -0.306 e. The van der Waals surface area contributed by atoms with Gasteiger partial charge in [-0.3, -0.25) is 14.6 Å². The molecule has 1 fully saturated rings. The van der Waals surface area contributed by atoms with Crippen LogP contribution in [0.5, 0.6) is 0 Å². The maximum Gasteiger partial charge on any atom is 0.326 e. The second-order valence-electron chi connectivity index (χ2n) is 6.51. The third-order valence-corrected chi connectivity index (χ3v) is 6.05. The van der Waals surface area contributed by atoms with Gasteiger partial charge < -0.3 is 4.98 Å². The molecule has 0 atom stereocenters. The Morgan fingerprint density at radius 1 is 1.11 bits per heavy atom. The number of nitrogens with one attached hydrogen (secondary N) is 2. The van der Waals surface area contributed by atoms with Gasteiger partial charge in [-0.25, -0.2) is 14.6 Å². The first kappa shape index (κ1) is 17.8. The molecule has 140 valence electrons. The maximum atomic E-state index is 12.4. The number of para-hydroxylation sites is 2.